The van der Waals surface area contributed by atoms with E-state index in [0.29, 0.717) is 118 Å². The van der Waals surface area contributed by atoms with Crippen molar-refractivity contribution in [2.45, 2.75) is 233 Å². The fourth-order valence-corrected chi connectivity index (χ4v) is 11.4. The number of rotatable bonds is 30. The smallest absolute Gasteiger partial charge is 0.222 e. The highest BCUT2D eigenvalue weighted by Crippen LogP contribution is 2.26. The summed E-state index contributed by atoms with van der Waals surface area (Å²) in [5.41, 5.74) is 2.99. The van der Waals surface area contributed by atoms with Gasteiger partial charge in [-0.2, -0.15) is 0 Å². The molecule has 2 bridgehead atoms. The van der Waals surface area contributed by atoms with E-state index >= 15 is 0 Å². The molecule has 6 rings (SSSR count). The SMILES string of the molecule is CCCCCCCCCCCC(=O)N1CCN2CCN(C(=O)CCCCCCCCCCC)Cc3ccccc3OCCN(CCOc3ccccc3C1)CCOc1ccccc1CN(C(=O)CCCCCCCCCCC)CC2. The number of ether oxygens (including phenoxy) is 3. The molecule has 448 valence electrons. The zero-order chi connectivity index (χ0) is 56.5. The van der Waals surface area contributed by atoms with E-state index in [1.54, 1.807) is 0 Å². The van der Waals surface area contributed by atoms with Crippen molar-refractivity contribution in [3.05, 3.63) is 89.5 Å². The lowest BCUT2D eigenvalue weighted by Crippen LogP contribution is -2.45. The van der Waals surface area contributed by atoms with Gasteiger partial charge in [-0.05, 0) is 37.5 Å². The number of fused-ring (bicyclic) bond motifs is 15. The number of para-hydroxylation sites is 3. The topological polar surface area (TPSA) is 95.1 Å². The third kappa shape index (κ3) is 27.4. The van der Waals surface area contributed by atoms with Crippen molar-refractivity contribution in [1.29, 1.82) is 0 Å². The number of carbonyl (C=O) groups is 3. The van der Waals surface area contributed by atoms with Crippen LogP contribution in [0.5, 0.6) is 17.2 Å². The van der Waals surface area contributed by atoms with Crippen LogP contribution in [-0.4, -0.2) is 121 Å². The Kier molecular flexibility index (Phi) is 35.0. The number of nitrogens with zero attached hydrogens (tertiary/aromatic N) is 5. The highest BCUT2D eigenvalue weighted by atomic mass is 16.5. The van der Waals surface area contributed by atoms with Crippen molar-refractivity contribution in [2.75, 3.05) is 78.7 Å². The summed E-state index contributed by atoms with van der Waals surface area (Å²) in [4.78, 5) is 54.8. The Hall–Kier alpha value is -4.61. The van der Waals surface area contributed by atoms with Crippen LogP contribution < -0.4 is 14.2 Å². The average molecular weight is 1110 g/mol. The minimum absolute atomic E-state index is 0.168. The molecule has 0 unspecified atom stereocenters. The Labute approximate surface area is 487 Å². The summed E-state index contributed by atoms with van der Waals surface area (Å²) in [5.74, 6) is 2.90. The molecule has 3 aliphatic heterocycles. The third-order valence-corrected chi connectivity index (χ3v) is 16.6. The Balaban J connectivity index is 1.46. The number of unbranched alkanes of at least 4 members (excludes halogenated alkanes) is 24. The molecule has 0 saturated carbocycles. The van der Waals surface area contributed by atoms with Gasteiger partial charge in [-0.15, -0.1) is 0 Å². The second-order valence-electron chi connectivity index (χ2n) is 23.2. The van der Waals surface area contributed by atoms with Crippen LogP contribution in [0, 0.1) is 0 Å². The number of hydrogen-bond donors (Lipinski definition) is 0. The monoisotopic (exact) mass is 1110 g/mol. The first-order valence-electron chi connectivity index (χ1n) is 32.8. The predicted molar refractivity (Wildman–Crippen MR) is 330 cm³/mol. The molecule has 0 spiro atoms. The highest BCUT2D eigenvalue weighted by molar-refractivity contribution is 5.77. The molecule has 11 heteroatoms. The van der Waals surface area contributed by atoms with E-state index in [9.17, 15) is 14.4 Å². The van der Waals surface area contributed by atoms with Gasteiger partial charge in [0.1, 0.15) is 37.1 Å². The molecule has 80 heavy (non-hydrogen) atoms. The normalized spacial score (nSPS) is 17.1. The summed E-state index contributed by atoms with van der Waals surface area (Å²) < 4.78 is 19.9. The van der Waals surface area contributed by atoms with E-state index in [-0.39, 0.29) is 17.7 Å². The van der Waals surface area contributed by atoms with Crippen molar-refractivity contribution in [3.63, 3.8) is 0 Å². The zero-order valence-corrected chi connectivity index (χ0v) is 50.9. The summed E-state index contributed by atoms with van der Waals surface area (Å²) in [6.45, 7) is 14.8. The van der Waals surface area contributed by atoms with Gasteiger partial charge >= 0.3 is 0 Å². The number of amides is 3. The first kappa shape index (κ1) is 66.2. The molecule has 3 aromatic carbocycles. The van der Waals surface area contributed by atoms with Crippen molar-refractivity contribution in [2.24, 2.45) is 0 Å². The maximum Gasteiger partial charge on any atom is 0.222 e. The molecule has 0 radical (unpaired) electrons. The van der Waals surface area contributed by atoms with Gasteiger partial charge in [0, 0.05) is 114 Å². The third-order valence-electron chi connectivity index (χ3n) is 16.6. The lowest BCUT2D eigenvalue weighted by atomic mass is 10.1. The van der Waals surface area contributed by atoms with Crippen molar-refractivity contribution in [1.82, 2.24) is 24.5 Å². The Morgan fingerprint density at radius 3 is 0.825 bits per heavy atom. The van der Waals surface area contributed by atoms with E-state index in [1.807, 2.05) is 54.6 Å². The van der Waals surface area contributed by atoms with E-state index in [0.717, 1.165) is 91.7 Å². The van der Waals surface area contributed by atoms with Crippen molar-refractivity contribution < 1.29 is 28.6 Å². The largest absolute Gasteiger partial charge is 0.492 e. The van der Waals surface area contributed by atoms with Crippen LogP contribution >= 0.6 is 0 Å². The predicted octanol–water partition coefficient (Wildman–Crippen LogP) is 15.6. The highest BCUT2D eigenvalue weighted by Gasteiger charge is 2.24. The Bertz CT molecular complexity index is 1870. The molecule has 3 aromatic rings. The molecular weight excluding hydrogens is 995 g/mol. The number of hydrogen-bond acceptors (Lipinski definition) is 8. The lowest BCUT2D eigenvalue weighted by molar-refractivity contribution is -0.132. The molecule has 3 amide bonds. The summed E-state index contributed by atoms with van der Waals surface area (Å²) in [5, 5.41) is 0. The quantitative estimate of drug-likeness (QED) is 0.0609. The van der Waals surface area contributed by atoms with Crippen LogP contribution in [0.3, 0.4) is 0 Å². The van der Waals surface area contributed by atoms with Gasteiger partial charge in [-0.1, -0.05) is 229 Å². The molecule has 3 heterocycles. The molecule has 0 aliphatic carbocycles. The maximum atomic E-state index is 14.6. The molecule has 11 nitrogen and oxygen atoms in total. The van der Waals surface area contributed by atoms with Gasteiger partial charge in [0.05, 0.1) is 0 Å². The Morgan fingerprint density at radius 2 is 0.550 bits per heavy atom. The second-order valence-corrected chi connectivity index (χ2v) is 23.2. The first-order chi connectivity index (χ1) is 39.4. The fraction of sp³-hybridized carbons (Fsp3) is 0.696. The molecule has 3 aliphatic rings. The van der Waals surface area contributed by atoms with Gasteiger partial charge in [0.2, 0.25) is 17.7 Å². The van der Waals surface area contributed by atoms with Gasteiger partial charge in [-0.3, -0.25) is 24.2 Å². The van der Waals surface area contributed by atoms with Gasteiger partial charge in [0.25, 0.3) is 0 Å². The van der Waals surface area contributed by atoms with Crippen molar-refractivity contribution in [3.8, 4) is 17.2 Å². The van der Waals surface area contributed by atoms with E-state index in [1.165, 1.54) is 116 Å². The first-order valence-corrected chi connectivity index (χ1v) is 32.8. The summed E-state index contributed by atoms with van der Waals surface area (Å²) >= 11 is 0. The summed E-state index contributed by atoms with van der Waals surface area (Å²) in [7, 11) is 0. The second kappa shape index (κ2) is 42.2. The fourth-order valence-electron chi connectivity index (χ4n) is 11.4. The molecule has 0 atom stereocenters. The molecule has 0 N–H and O–H groups in total. The van der Waals surface area contributed by atoms with Crippen LogP contribution in [0.2, 0.25) is 0 Å². The zero-order valence-electron chi connectivity index (χ0n) is 50.9. The lowest BCUT2D eigenvalue weighted by Gasteiger charge is -2.33. The molecule has 0 fully saturated rings. The molecule has 0 saturated heterocycles. The van der Waals surface area contributed by atoms with Crippen molar-refractivity contribution >= 4 is 17.7 Å². The average Bonchev–Trinajstić information content (AvgIpc) is 3.47. The molecule has 0 aromatic heterocycles. The maximum absolute atomic E-state index is 14.6. The van der Waals surface area contributed by atoms with Crippen LogP contribution in [0.15, 0.2) is 72.8 Å². The molecular formula is C69H111N5O6. The van der Waals surface area contributed by atoms with E-state index < -0.39 is 0 Å². The van der Waals surface area contributed by atoms with Crippen LogP contribution in [0.25, 0.3) is 0 Å². The minimum atomic E-state index is 0.168. The number of benzene rings is 3. The van der Waals surface area contributed by atoms with Gasteiger partial charge in [0.15, 0.2) is 0 Å². The van der Waals surface area contributed by atoms with E-state index in [4.69, 9.17) is 14.2 Å². The van der Waals surface area contributed by atoms with Crippen LogP contribution in [0.4, 0.5) is 0 Å². The standard InChI is InChI=1S/C69H111N5O6/c1-4-7-10-13-16-19-22-25-28-43-67(75)72-49-46-70-47-50-73(68(76)44-29-26-23-20-17-14-11-8-5-2)59-62-38-32-35-41-65(62)79-56-53-71(52-55-78-64-40-34-31-37-61(64)58-72)54-57-80-66-42-36-33-39-63(66)60-74(51-48-70)69(77)45-30-27-24-21-18-15-12-9-6-3/h31-42H,4-30,43-60H2,1-3H3. The summed E-state index contributed by atoms with van der Waals surface area (Å²) in [6, 6.07) is 24.6. The van der Waals surface area contributed by atoms with Gasteiger partial charge < -0.3 is 28.9 Å². The number of carbonyl (C=O) groups excluding carboxylic acids is 3. The minimum Gasteiger partial charge on any atom is -0.492 e. The van der Waals surface area contributed by atoms with Gasteiger partial charge in [-0.25, -0.2) is 0 Å². The summed E-state index contributed by atoms with van der Waals surface area (Å²) in [6.07, 6.45) is 33.9. The van der Waals surface area contributed by atoms with E-state index in [2.05, 4.69) is 63.5 Å². The Morgan fingerprint density at radius 1 is 0.312 bits per heavy atom. The van der Waals surface area contributed by atoms with Crippen LogP contribution in [-0.2, 0) is 34.0 Å². The van der Waals surface area contributed by atoms with Crippen LogP contribution in [0.1, 0.15) is 230 Å².